The molecule has 2 heterocycles. The van der Waals surface area contributed by atoms with Crippen LogP contribution in [0.15, 0.2) is 34.2 Å². The molecule has 0 atom stereocenters. The number of benzene rings is 1. The zero-order chi connectivity index (χ0) is 19.0. The molecule has 0 N–H and O–H groups in total. The summed E-state index contributed by atoms with van der Waals surface area (Å²) in [6.45, 7) is 2.41. The number of nitrogens with zero attached hydrogens (tertiary/aromatic N) is 2. The van der Waals surface area contributed by atoms with Gasteiger partial charge in [0.2, 0.25) is 0 Å². The summed E-state index contributed by atoms with van der Waals surface area (Å²) in [5.41, 5.74) is 1.50. The van der Waals surface area contributed by atoms with Crippen LogP contribution >= 0.6 is 23.1 Å². The van der Waals surface area contributed by atoms with E-state index in [9.17, 15) is 14.0 Å². The Labute approximate surface area is 164 Å². The number of carbonyl (C=O) groups is 1. The molecular formula is C20H19FN2O2S2. The normalized spacial score (nSPS) is 13.7. The fourth-order valence-corrected chi connectivity index (χ4v) is 5.74. The summed E-state index contributed by atoms with van der Waals surface area (Å²) in [7, 11) is 0. The molecule has 7 heteroatoms. The van der Waals surface area contributed by atoms with E-state index < -0.39 is 5.82 Å². The first-order valence-corrected chi connectivity index (χ1v) is 10.9. The van der Waals surface area contributed by atoms with Crippen molar-refractivity contribution < 1.29 is 9.18 Å². The fourth-order valence-electron chi connectivity index (χ4n) is 3.48. The first-order chi connectivity index (χ1) is 13.1. The minimum Gasteiger partial charge on any atom is -0.293 e. The van der Waals surface area contributed by atoms with E-state index in [1.165, 1.54) is 40.4 Å². The minimum absolute atomic E-state index is 0.0115. The molecule has 4 rings (SSSR count). The summed E-state index contributed by atoms with van der Waals surface area (Å²) in [5, 5.41) is 1.32. The van der Waals surface area contributed by atoms with Crippen LogP contribution in [0.1, 0.15) is 40.6 Å². The van der Waals surface area contributed by atoms with Crippen molar-refractivity contribution in [3.05, 3.63) is 56.4 Å². The second-order valence-corrected chi connectivity index (χ2v) is 8.58. The molecule has 0 aliphatic heterocycles. The van der Waals surface area contributed by atoms with Gasteiger partial charge in [0.1, 0.15) is 10.6 Å². The summed E-state index contributed by atoms with van der Waals surface area (Å²) >= 11 is 2.85. The number of thiophene rings is 1. The van der Waals surface area contributed by atoms with Crippen molar-refractivity contribution in [1.29, 1.82) is 0 Å². The zero-order valence-corrected chi connectivity index (χ0v) is 16.6. The van der Waals surface area contributed by atoms with Crippen LogP contribution in [0.25, 0.3) is 10.2 Å². The number of hydrogen-bond acceptors (Lipinski definition) is 5. The molecule has 0 amide bonds. The van der Waals surface area contributed by atoms with Crippen LogP contribution in [0.4, 0.5) is 4.39 Å². The van der Waals surface area contributed by atoms with Gasteiger partial charge in [0, 0.05) is 17.0 Å². The molecule has 0 unspecified atom stereocenters. The molecule has 3 aromatic rings. The van der Waals surface area contributed by atoms with E-state index in [1.807, 2.05) is 6.92 Å². The number of hydrogen-bond donors (Lipinski definition) is 0. The third kappa shape index (κ3) is 3.46. The van der Waals surface area contributed by atoms with E-state index in [-0.39, 0.29) is 17.1 Å². The van der Waals surface area contributed by atoms with Gasteiger partial charge in [-0.3, -0.25) is 14.2 Å². The number of ketones is 1. The van der Waals surface area contributed by atoms with Gasteiger partial charge >= 0.3 is 0 Å². The third-order valence-corrected chi connectivity index (χ3v) is 7.00. The average molecular weight is 403 g/mol. The molecule has 0 saturated carbocycles. The minimum atomic E-state index is -0.431. The highest BCUT2D eigenvalue weighted by atomic mass is 32.2. The third-order valence-electron chi connectivity index (χ3n) is 4.84. The molecule has 0 bridgehead atoms. The lowest BCUT2D eigenvalue weighted by Gasteiger charge is -2.12. The van der Waals surface area contributed by atoms with E-state index in [0.29, 0.717) is 17.3 Å². The Kier molecular flexibility index (Phi) is 5.14. The summed E-state index contributed by atoms with van der Waals surface area (Å²) < 4.78 is 15.0. The fraction of sp³-hybridized carbons (Fsp3) is 0.350. The Morgan fingerprint density at radius 1 is 1.33 bits per heavy atom. The van der Waals surface area contributed by atoms with E-state index >= 15 is 0 Å². The Balaban J connectivity index is 1.67. The highest BCUT2D eigenvalue weighted by Gasteiger charge is 2.22. The van der Waals surface area contributed by atoms with Crippen LogP contribution in [0.2, 0.25) is 0 Å². The largest absolute Gasteiger partial charge is 0.293 e. The number of carbonyl (C=O) groups excluding carboxylic acids is 1. The monoisotopic (exact) mass is 402 g/mol. The molecule has 0 fully saturated rings. The molecular weight excluding hydrogens is 383 g/mol. The zero-order valence-electron chi connectivity index (χ0n) is 15.0. The van der Waals surface area contributed by atoms with Gasteiger partial charge < -0.3 is 0 Å². The number of aromatic nitrogens is 2. The van der Waals surface area contributed by atoms with Crippen molar-refractivity contribution in [2.45, 2.75) is 44.3 Å². The lowest BCUT2D eigenvalue weighted by molar-refractivity contribution is 0.102. The van der Waals surface area contributed by atoms with Crippen molar-refractivity contribution in [2.24, 2.45) is 0 Å². The Bertz CT molecular complexity index is 1090. The second kappa shape index (κ2) is 7.56. The topological polar surface area (TPSA) is 52.0 Å². The number of rotatable bonds is 5. The lowest BCUT2D eigenvalue weighted by Crippen LogP contribution is -2.23. The van der Waals surface area contributed by atoms with Gasteiger partial charge in [-0.1, -0.05) is 23.9 Å². The standard InChI is InChI=1S/C20H19FN2O2S2/c1-2-23-19(25)17-14-8-3-4-9-16(14)27-18(17)22-20(23)26-11-15(24)12-6-5-7-13(21)10-12/h5-7,10H,2-4,8-9,11H2,1H3. The van der Waals surface area contributed by atoms with Gasteiger partial charge in [0.15, 0.2) is 10.9 Å². The number of Topliss-reactive ketones (excluding diaryl/α,β-unsaturated/α-hetero) is 1. The van der Waals surface area contributed by atoms with E-state index in [4.69, 9.17) is 4.98 Å². The quantitative estimate of drug-likeness (QED) is 0.359. The van der Waals surface area contributed by atoms with Crippen LogP contribution < -0.4 is 5.56 Å². The Morgan fingerprint density at radius 3 is 2.93 bits per heavy atom. The molecule has 140 valence electrons. The molecule has 27 heavy (non-hydrogen) atoms. The Morgan fingerprint density at radius 2 is 2.15 bits per heavy atom. The number of aryl methyl sites for hydroxylation is 2. The first kappa shape index (κ1) is 18.4. The molecule has 0 radical (unpaired) electrons. The molecule has 1 aromatic carbocycles. The van der Waals surface area contributed by atoms with Crippen molar-refractivity contribution in [1.82, 2.24) is 9.55 Å². The average Bonchev–Trinajstić information content (AvgIpc) is 3.04. The number of fused-ring (bicyclic) bond motifs is 3. The molecule has 0 saturated heterocycles. The summed E-state index contributed by atoms with van der Waals surface area (Å²) in [5.74, 6) is -0.492. The predicted molar refractivity (Wildman–Crippen MR) is 108 cm³/mol. The number of halogens is 1. The Hall–Kier alpha value is -1.99. The smallest absolute Gasteiger partial charge is 0.263 e. The summed E-state index contributed by atoms with van der Waals surface area (Å²) in [4.78, 5) is 32.2. The van der Waals surface area contributed by atoms with Crippen LogP contribution in [-0.2, 0) is 19.4 Å². The van der Waals surface area contributed by atoms with Gasteiger partial charge in [-0.15, -0.1) is 11.3 Å². The SMILES string of the molecule is CCn1c(SCC(=O)c2cccc(F)c2)nc2sc3c(c2c1=O)CCCC3. The van der Waals surface area contributed by atoms with Crippen LogP contribution in [0, 0.1) is 5.82 Å². The first-order valence-electron chi connectivity index (χ1n) is 9.05. The molecule has 4 nitrogen and oxygen atoms in total. The van der Waals surface area contributed by atoms with Crippen LogP contribution in [-0.4, -0.2) is 21.1 Å². The second-order valence-electron chi connectivity index (χ2n) is 6.56. The molecule has 1 aliphatic carbocycles. The summed E-state index contributed by atoms with van der Waals surface area (Å²) in [6, 6.07) is 5.67. The highest BCUT2D eigenvalue weighted by molar-refractivity contribution is 7.99. The van der Waals surface area contributed by atoms with Crippen molar-refractivity contribution in [2.75, 3.05) is 5.75 Å². The lowest BCUT2D eigenvalue weighted by atomic mass is 9.97. The molecule has 1 aliphatic rings. The van der Waals surface area contributed by atoms with E-state index in [2.05, 4.69) is 0 Å². The maximum atomic E-state index is 13.3. The molecule has 2 aromatic heterocycles. The van der Waals surface area contributed by atoms with E-state index in [1.54, 1.807) is 22.0 Å². The van der Waals surface area contributed by atoms with E-state index in [0.717, 1.165) is 35.9 Å². The predicted octanol–water partition coefficient (Wildman–Crippen LogP) is 4.47. The van der Waals surface area contributed by atoms with Crippen molar-refractivity contribution in [3.63, 3.8) is 0 Å². The molecule has 0 spiro atoms. The maximum absolute atomic E-state index is 13.3. The van der Waals surface area contributed by atoms with Gasteiger partial charge in [-0.25, -0.2) is 9.37 Å². The van der Waals surface area contributed by atoms with Crippen molar-refractivity contribution >= 4 is 39.1 Å². The highest BCUT2D eigenvalue weighted by Crippen LogP contribution is 2.34. The van der Waals surface area contributed by atoms with Crippen LogP contribution in [0.5, 0.6) is 0 Å². The van der Waals surface area contributed by atoms with Gasteiger partial charge in [0.25, 0.3) is 5.56 Å². The van der Waals surface area contributed by atoms with Gasteiger partial charge in [-0.2, -0.15) is 0 Å². The van der Waals surface area contributed by atoms with Gasteiger partial charge in [-0.05, 0) is 50.3 Å². The van der Waals surface area contributed by atoms with Gasteiger partial charge in [0.05, 0.1) is 11.1 Å². The van der Waals surface area contributed by atoms with Crippen molar-refractivity contribution in [3.8, 4) is 0 Å². The number of thioether (sulfide) groups is 1. The van der Waals surface area contributed by atoms with Crippen LogP contribution in [0.3, 0.4) is 0 Å². The summed E-state index contributed by atoms with van der Waals surface area (Å²) in [6.07, 6.45) is 4.23. The maximum Gasteiger partial charge on any atom is 0.263 e.